The fourth-order valence-electron chi connectivity index (χ4n) is 7.74. The number of aliphatic carboxylic acids is 2. The number of nitrogens with two attached hydrogens (primary N) is 4. The van der Waals surface area contributed by atoms with E-state index in [-0.39, 0.29) is 56.9 Å². The second kappa shape index (κ2) is 33.9. The van der Waals surface area contributed by atoms with Gasteiger partial charge in [-0.1, -0.05) is 32.0 Å². The molecule has 10 amide bonds. The first kappa shape index (κ1) is 69.6. The normalized spacial score (nSPS) is 15.5. The third kappa shape index (κ3) is 23.3. The van der Waals surface area contributed by atoms with E-state index in [1.807, 2.05) is 5.32 Å². The zero-order valence-corrected chi connectivity index (χ0v) is 45.8. The van der Waals surface area contributed by atoms with E-state index in [0.29, 0.717) is 16.5 Å². The third-order valence-electron chi connectivity index (χ3n) is 12.2. The first-order valence-electron chi connectivity index (χ1n) is 25.8. The van der Waals surface area contributed by atoms with Crippen molar-refractivity contribution in [3.8, 4) is 0 Å². The van der Waals surface area contributed by atoms with Crippen molar-refractivity contribution in [2.24, 2.45) is 33.8 Å². The average molecular weight is 1160 g/mol. The van der Waals surface area contributed by atoms with E-state index in [1.165, 1.54) is 13.1 Å². The lowest BCUT2D eigenvalue weighted by Crippen LogP contribution is -2.62. The highest BCUT2D eigenvalue weighted by Crippen LogP contribution is 2.20. The Kier molecular flexibility index (Phi) is 28.8. The summed E-state index contributed by atoms with van der Waals surface area (Å²) < 4.78 is 0. The number of benzene rings is 1. The molecular formula is C49H77N15O18. The molecule has 0 bridgehead atoms. The molecule has 0 aliphatic heterocycles. The van der Waals surface area contributed by atoms with Crippen LogP contribution in [-0.2, 0) is 64.0 Å². The van der Waals surface area contributed by atoms with Gasteiger partial charge >= 0.3 is 11.9 Å². The first-order valence-corrected chi connectivity index (χ1v) is 25.8. The van der Waals surface area contributed by atoms with E-state index in [2.05, 4.69) is 52.5 Å². The topological polar surface area (TPSA) is 567 Å². The maximum absolute atomic E-state index is 14.5. The molecule has 2 aromatic rings. The number of aromatic nitrogens is 1. The van der Waals surface area contributed by atoms with E-state index in [9.17, 15) is 88.2 Å². The van der Waals surface area contributed by atoms with Crippen LogP contribution >= 0.6 is 0 Å². The van der Waals surface area contributed by atoms with Crippen LogP contribution < -0.4 is 70.8 Å². The van der Waals surface area contributed by atoms with Crippen molar-refractivity contribution in [1.29, 1.82) is 0 Å². The van der Waals surface area contributed by atoms with Gasteiger partial charge in [0.2, 0.25) is 59.1 Å². The maximum atomic E-state index is 14.5. The largest absolute Gasteiger partial charge is 0.481 e. The van der Waals surface area contributed by atoms with E-state index >= 15 is 0 Å². The fourth-order valence-corrected chi connectivity index (χ4v) is 7.74. The van der Waals surface area contributed by atoms with Gasteiger partial charge in [-0.05, 0) is 64.0 Å². The van der Waals surface area contributed by atoms with Gasteiger partial charge in [-0.3, -0.25) is 57.7 Å². The molecule has 12 atom stereocenters. The molecule has 0 fully saturated rings. The molecule has 456 valence electrons. The van der Waals surface area contributed by atoms with Crippen LogP contribution in [0.1, 0.15) is 78.7 Å². The number of rotatable bonds is 36. The summed E-state index contributed by atoms with van der Waals surface area (Å²) in [5.41, 5.74) is 22.9. The quantitative estimate of drug-likeness (QED) is 0.0171. The number of H-pyrrole nitrogens is 1. The van der Waals surface area contributed by atoms with E-state index in [4.69, 9.17) is 22.9 Å². The van der Waals surface area contributed by atoms with Crippen molar-refractivity contribution < 1.29 is 88.2 Å². The smallest absolute Gasteiger partial charge is 0.328 e. The van der Waals surface area contributed by atoms with Gasteiger partial charge in [0.15, 0.2) is 12.0 Å². The molecule has 24 N–H and O–H groups in total. The highest BCUT2D eigenvalue weighted by molar-refractivity contribution is 5.99. The summed E-state index contributed by atoms with van der Waals surface area (Å²) in [6, 6.07) is -10.00. The Morgan fingerprint density at radius 2 is 1.06 bits per heavy atom. The number of fused-ring (bicyclic) bond motifs is 1. The summed E-state index contributed by atoms with van der Waals surface area (Å²) in [6.45, 7) is 4.48. The van der Waals surface area contributed by atoms with Crippen molar-refractivity contribution >= 4 is 87.9 Å². The zero-order valence-electron chi connectivity index (χ0n) is 45.8. The number of carbonyl (C=O) groups is 12. The molecule has 1 aromatic carbocycles. The van der Waals surface area contributed by atoms with Crippen LogP contribution in [0.2, 0.25) is 0 Å². The molecule has 0 radical (unpaired) electrons. The second-order valence-electron chi connectivity index (χ2n) is 19.6. The van der Waals surface area contributed by atoms with E-state index in [1.54, 1.807) is 38.1 Å². The summed E-state index contributed by atoms with van der Waals surface area (Å²) >= 11 is 0. The highest BCUT2D eigenvalue weighted by atomic mass is 16.4. The molecule has 1 aromatic heterocycles. The minimum atomic E-state index is -1.91. The standard InChI is InChI=1S/C49H77N15O18/c1-21(2)15-30(42(75)62-34(20-66)46(79)64-38(24(5)68)48(81)82)58-39(72)22(3)56-47(80)37(23(4)67)63-41(74)29(11-8-14-54-49(52)53)57-43(76)31(16-25-18-55-28-10-7-6-9-26(25)28)60-45(78)33(19-65)61-44(77)32(17-36(70)71)59-40(73)27(50)12-13-35(51)69/h6-7,9-10,18,21-24,27,29-34,37-38,55,65-68H,8,11-17,19-20,50H2,1-5H3,(H2,51,69)(H,56,80)(H,57,76)(H,58,72)(H,59,73)(H,60,78)(H,61,77)(H,62,75)(H,63,74)(H,64,79)(H,70,71)(H,81,82)(H4,52,53,54)/t22-,23+,24+,27-,29-,30-,31-,32-,33-,34-,37-,38-/m0/s1. The molecule has 0 spiro atoms. The minimum Gasteiger partial charge on any atom is -0.481 e. The van der Waals surface area contributed by atoms with Crippen molar-refractivity contribution in [3.05, 3.63) is 36.0 Å². The lowest BCUT2D eigenvalue weighted by atomic mass is 10.0. The lowest BCUT2D eigenvalue weighted by Gasteiger charge is -2.28. The minimum absolute atomic E-state index is 0.0131. The number of nitrogens with zero attached hydrogens (tertiary/aromatic N) is 1. The Labute approximate surface area is 469 Å². The SMILES string of the molecule is CC(C)C[C@H](NC(=O)[C@H](C)NC(=O)[C@@H](NC(=O)[C@H](CCCN=C(N)N)NC(=O)[C@H](Cc1c[nH]c2ccccc12)NC(=O)[C@H](CO)NC(=O)[C@H](CC(=O)O)NC(=O)[C@@H](N)CCC(N)=O)[C@@H](C)O)C(=O)N[C@@H](CO)C(=O)N[C@H](C(=O)O)[C@@H](C)O. The average Bonchev–Trinajstić information content (AvgIpc) is 3.88. The lowest BCUT2D eigenvalue weighted by molar-refractivity contribution is -0.145. The van der Waals surface area contributed by atoms with Gasteiger partial charge in [0, 0.05) is 36.5 Å². The summed E-state index contributed by atoms with van der Waals surface area (Å²) in [7, 11) is 0. The monoisotopic (exact) mass is 1160 g/mol. The number of carbonyl (C=O) groups excluding carboxylic acids is 10. The Bertz CT molecular complexity index is 2610. The number of hydrogen-bond acceptors (Lipinski definition) is 18. The number of nitrogens with one attached hydrogen (secondary N) is 10. The number of aliphatic hydroxyl groups excluding tert-OH is 4. The molecule has 0 saturated heterocycles. The molecule has 0 unspecified atom stereocenters. The first-order chi connectivity index (χ1) is 38.4. The van der Waals surface area contributed by atoms with Crippen LogP contribution in [0.25, 0.3) is 10.9 Å². The van der Waals surface area contributed by atoms with Crippen molar-refractivity contribution in [3.63, 3.8) is 0 Å². The summed E-state index contributed by atoms with van der Waals surface area (Å²) in [5.74, 6) is -14.6. The third-order valence-corrected chi connectivity index (χ3v) is 12.2. The van der Waals surface area contributed by atoms with Crippen LogP contribution in [0.3, 0.4) is 0 Å². The van der Waals surface area contributed by atoms with Crippen LogP contribution in [0, 0.1) is 5.92 Å². The summed E-state index contributed by atoms with van der Waals surface area (Å²) in [6.07, 6.45) is -4.04. The number of hydrogen-bond donors (Lipinski definition) is 20. The van der Waals surface area contributed by atoms with Gasteiger partial charge < -0.3 is 106 Å². The summed E-state index contributed by atoms with van der Waals surface area (Å²) in [5, 5.41) is 80.7. The predicted molar refractivity (Wildman–Crippen MR) is 288 cm³/mol. The molecular weight excluding hydrogens is 1090 g/mol. The van der Waals surface area contributed by atoms with Gasteiger partial charge in [0.25, 0.3) is 0 Å². The Morgan fingerprint density at radius 3 is 1.60 bits per heavy atom. The number of carboxylic acids is 2. The number of aliphatic imine (C=N–C) groups is 1. The molecule has 33 nitrogen and oxygen atoms in total. The molecule has 33 heteroatoms. The predicted octanol–water partition coefficient (Wildman–Crippen LogP) is -7.91. The Hall–Kier alpha value is -8.53. The Morgan fingerprint density at radius 1 is 0.573 bits per heavy atom. The van der Waals surface area contributed by atoms with Crippen molar-refractivity contribution in [2.75, 3.05) is 19.8 Å². The molecule has 0 saturated carbocycles. The molecule has 82 heavy (non-hydrogen) atoms. The van der Waals surface area contributed by atoms with E-state index in [0.717, 1.165) is 13.8 Å². The highest BCUT2D eigenvalue weighted by Gasteiger charge is 2.37. The number of aromatic amines is 1. The van der Waals surface area contributed by atoms with Gasteiger partial charge in [0.1, 0.15) is 48.3 Å². The van der Waals surface area contributed by atoms with Gasteiger partial charge in [-0.2, -0.15) is 0 Å². The van der Waals surface area contributed by atoms with Crippen molar-refractivity contribution in [2.45, 2.75) is 152 Å². The second-order valence-corrected chi connectivity index (χ2v) is 19.6. The van der Waals surface area contributed by atoms with Crippen LogP contribution in [-0.4, -0.2) is 205 Å². The Balaban J connectivity index is 2.44. The summed E-state index contributed by atoms with van der Waals surface area (Å²) in [4.78, 5) is 164. The van der Waals surface area contributed by atoms with Crippen LogP contribution in [0.4, 0.5) is 0 Å². The number of aliphatic hydroxyl groups is 4. The molecule has 0 aliphatic carbocycles. The molecule has 1 heterocycles. The fraction of sp³-hybridized carbons (Fsp3) is 0.571. The number of guanidine groups is 1. The van der Waals surface area contributed by atoms with Gasteiger partial charge in [-0.25, -0.2) is 4.79 Å². The van der Waals surface area contributed by atoms with Gasteiger partial charge in [0.05, 0.1) is 37.9 Å². The number of carboxylic acid groups (broad SMARTS) is 2. The van der Waals surface area contributed by atoms with Crippen LogP contribution in [0.5, 0.6) is 0 Å². The maximum Gasteiger partial charge on any atom is 0.328 e. The molecule has 0 aliphatic rings. The number of primary amides is 1. The van der Waals surface area contributed by atoms with E-state index < -0.39 is 163 Å². The molecule has 2 rings (SSSR count). The van der Waals surface area contributed by atoms with Crippen LogP contribution in [0.15, 0.2) is 35.5 Å². The number of amides is 10. The van der Waals surface area contributed by atoms with Gasteiger partial charge in [-0.15, -0.1) is 0 Å². The zero-order chi connectivity index (χ0) is 62.1. The number of para-hydroxylation sites is 1. The van der Waals surface area contributed by atoms with Crippen molar-refractivity contribution in [1.82, 2.24) is 52.8 Å².